The van der Waals surface area contributed by atoms with Crippen molar-refractivity contribution in [2.24, 2.45) is 0 Å². The minimum atomic E-state index is -2.27. The molecule has 0 spiro atoms. The highest BCUT2D eigenvalue weighted by Gasteiger charge is 2.59. The van der Waals surface area contributed by atoms with Gasteiger partial charge in [-0.25, -0.2) is 0 Å². The quantitative estimate of drug-likeness (QED) is 0.0324. The molecule has 0 amide bonds. The van der Waals surface area contributed by atoms with Gasteiger partial charge in [0.1, 0.15) is 140 Å². The number of unbranched alkanes of at least 4 members (excludes halogenated alkanes) is 4. The Morgan fingerprint density at radius 3 is 1.19 bits per heavy atom. The first-order valence-corrected chi connectivity index (χ1v) is 31.0. The molecule has 0 saturated carbocycles. The van der Waals surface area contributed by atoms with Crippen LogP contribution in [0.2, 0.25) is 0 Å². The zero-order chi connectivity index (χ0) is 66.3. The van der Waals surface area contributed by atoms with Crippen molar-refractivity contribution in [1.82, 2.24) is 0 Å². The maximum Gasteiger partial charge on any atom is 0.305 e. The second-order valence-corrected chi connectivity index (χ2v) is 24.6. The standard InChI is InChI=1S/C56H98O34/c1-7-13-25(15-12-10-8-9-11-14-24(59)16-28(60)61)82-54-47(37(70)31(64)21(4)80-54)90-56-49(39(72)34(67)27(18-58)84-56)89-53-43(76)46(44(23(6)81-53)85-50-40(73)35(68)29(62)19(2)77-50)87-55-48(38(71)33(66)26(17-57)83-55)88-52-42(75)45(32(65)22(5)79-52)86-51-41(74)36(69)30(63)20(3)78-51/h19-27,29-59,62-76H,7-18H2,1-6H3,(H,60,61)/t19-,20-,21-,22-,23+,24+,25+,26-,27-,29-,30+,31+,32-,33-,34-,35+,36+,37+,38+,39+,40-,41-,42-,43-,44+,45+,46+,47-,48-,49-,50+,51+,52+,53+,54+,55+,56+/m1/s1. The molecular weight excluding hydrogens is 1220 g/mol. The summed E-state index contributed by atoms with van der Waals surface area (Å²) in [6.45, 7) is 6.81. The van der Waals surface area contributed by atoms with Crippen LogP contribution in [-0.4, -0.2) is 343 Å². The lowest BCUT2D eigenvalue weighted by Crippen LogP contribution is -2.69. The van der Waals surface area contributed by atoms with Crippen LogP contribution in [0.4, 0.5) is 0 Å². The van der Waals surface area contributed by atoms with Crippen LogP contribution >= 0.6 is 0 Å². The Hall–Kier alpha value is -1.81. The summed E-state index contributed by atoms with van der Waals surface area (Å²) >= 11 is 0. The molecule has 34 nitrogen and oxygen atoms in total. The lowest BCUT2D eigenvalue weighted by atomic mass is 9.95. The molecule has 7 aliphatic rings. The van der Waals surface area contributed by atoms with Gasteiger partial charge >= 0.3 is 5.97 Å². The van der Waals surface area contributed by atoms with Crippen LogP contribution < -0.4 is 0 Å². The Labute approximate surface area is 519 Å². The van der Waals surface area contributed by atoms with E-state index >= 15 is 0 Å². The molecule has 526 valence electrons. The topological polar surface area (TPSA) is 531 Å². The van der Waals surface area contributed by atoms with E-state index in [1.807, 2.05) is 6.92 Å². The van der Waals surface area contributed by atoms with Crippen LogP contribution in [0.1, 0.15) is 106 Å². The minimum absolute atomic E-state index is 0.340. The van der Waals surface area contributed by atoms with E-state index in [1.54, 1.807) is 0 Å². The summed E-state index contributed by atoms with van der Waals surface area (Å²) in [5, 5.41) is 208. The van der Waals surface area contributed by atoms with Gasteiger partial charge in [-0.3, -0.25) is 4.79 Å². The minimum Gasteiger partial charge on any atom is -0.481 e. The van der Waals surface area contributed by atoms with E-state index in [9.17, 15) is 96.7 Å². The SMILES string of the molecule is CCC[C@@H](CCCCCCC[C@H](O)CC(=O)O)O[C@@H]1O[C@H](C)[C@H](O)[C@H](O)[C@H]1O[C@@H]1O[C@H](CO)[C@@H](O)[C@H](O)[C@H]1O[C@@H]1O[C@@H](C)[C@H](O[C@@H]2O[C@H](C)[C@@H](O)[C@H](O)[C@H]2O)[C@@H](O[C@@H]2O[C@H](CO)[C@@H](O)[C@H](O)[C@H]2O[C@@H]2O[C@H](C)[C@@H](O)[C@H](O[C@@H]3O[C@H](C)[C@H](O)[C@H](O)[C@H]3O)[C@H]2O)[C@H]1O. The summed E-state index contributed by atoms with van der Waals surface area (Å²) in [7, 11) is 0. The maximum atomic E-state index is 12.6. The third kappa shape index (κ3) is 17.9. The van der Waals surface area contributed by atoms with Crippen molar-refractivity contribution in [1.29, 1.82) is 0 Å². The van der Waals surface area contributed by atoms with Crippen LogP contribution in [0, 0.1) is 0 Å². The third-order valence-electron chi connectivity index (χ3n) is 17.7. The summed E-state index contributed by atoms with van der Waals surface area (Å²) in [6, 6.07) is 0. The zero-order valence-corrected chi connectivity index (χ0v) is 51.0. The molecule has 90 heavy (non-hydrogen) atoms. The first-order valence-electron chi connectivity index (χ1n) is 31.0. The number of carboxylic acid groups (broad SMARTS) is 1. The summed E-state index contributed by atoms with van der Waals surface area (Å²) in [4.78, 5) is 10.9. The van der Waals surface area contributed by atoms with Crippen molar-refractivity contribution in [3.8, 4) is 0 Å². The monoisotopic (exact) mass is 1310 g/mol. The lowest BCUT2D eigenvalue weighted by Gasteiger charge is -2.51. The average molecular weight is 1320 g/mol. The molecule has 34 heteroatoms. The molecule has 0 radical (unpaired) electrons. The number of aliphatic hydroxyl groups excluding tert-OH is 18. The van der Waals surface area contributed by atoms with Gasteiger partial charge in [0.05, 0.1) is 62.4 Å². The Morgan fingerprint density at radius 1 is 0.356 bits per heavy atom. The molecule has 7 rings (SSSR count). The molecular formula is C56H98O34. The van der Waals surface area contributed by atoms with Gasteiger partial charge in [-0.2, -0.15) is 0 Å². The lowest BCUT2D eigenvalue weighted by molar-refractivity contribution is -0.415. The highest BCUT2D eigenvalue weighted by atomic mass is 16.8. The van der Waals surface area contributed by atoms with Crippen LogP contribution in [0.3, 0.4) is 0 Å². The number of aliphatic carboxylic acids is 1. The second kappa shape index (κ2) is 33.9. The largest absolute Gasteiger partial charge is 0.481 e. The van der Waals surface area contributed by atoms with Crippen molar-refractivity contribution >= 4 is 5.97 Å². The van der Waals surface area contributed by atoms with Crippen molar-refractivity contribution in [3.63, 3.8) is 0 Å². The Balaban J connectivity index is 1.15. The van der Waals surface area contributed by atoms with Gasteiger partial charge < -0.3 is 163 Å². The third-order valence-corrected chi connectivity index (χ3v) is 17.7. The number of hydrogen-bond acceptors (Lipinski definition) is 33. The number of carboxylic acids is 1. The second-order valence-electron chi connectivity index (χ2n) is 24.6. The van der Waals surface area contributed by atoms with Gasteiger partial charge in [0.15, 0.2) is 44.0 Å². The van der Waals surface area contributed by atoms with E-state index in [4.69, 9.17) is 71.4 Å². The van der Waals surface area contributed by atoms with E-state index in [0.29, 0.717) is 38.5 Å². The number of aliphatic hydroxyl groups is 18. The first-order chi connectivity index (χ1) is 42.5. The number of ether oxygens (including phenoxy) is 14. The molecule has 19 N–H and O–H groups in total. The predicted molar refractivity (Wildman–Crippen MR) is 293 cm³/mol. The zero-order valence-electron chi connectivity index (χ0n) is 51.0. The van der Waals surface area contributed by atoms with Crippen LogP contribution in [0.25, 0.3) is 0 Å². The molecule has 0 aromatic heterocycles. The molecule has 0 bridgehead atoms. The van der Waals surface area contributed by atoms with E-state index in [1.165, 1.54) is 34.6 Å². The Kier molecular flexibility index (Phi) is 28.5. The van der Waals surface area contributed by atoms with Gasteiger partial charge in [-0.1, -0.05) is 45.4 Å². The van der Waals surface area contributed by atoms with Crippen molar-refractivity contribution in [3.05, 3.63) is 0 Å². The molecule has 7 aliphatic heterocycles. The van der Waals surface area contributed by atoms with Crippen molar-refractivity contribution in [2.45, 2.75) is 333 Å². The highest BCUT2D eigenvalue weighted by molar-refractivity contribution is 5.67. The van der Waals surface area contributed by atoms with Gasteiger partial charge in [-0.05, 0) is 53.9 Å². The van der Waals surface area contributed by atoms with Crippen molar-refractivity contribution in [2.75, 3.05) is 13.2 Å². The van der Waals surface area contributed by atoms with Gasteiger partial charge in [0.25, 0.3) is 0 Å². The molecule has 7 fully saturated rings. The maximum absolute atomic E-state index is 12.6. The van der Waals surface area contributed by atoms with Crippen LogP contribution in [-0.2, 0) is 71.1 Å². The van der Waals surface area contributed by atoms with E-state index in [-0.39, 0.29) is 6.42 Å². The molecule has 0 aromatic carbocycles. The molecule has 0 aliphatic carbocycles. The van der Waals surface area contributed by atoms with E-state index in [0.717, 1.165) is 19.3 Å². The van der Waals surface area contributed by atoms with Gasteiger partial charge in [0, 0.05) is 0 Å². The first kappa shape index (κ1) is 75.6. The van der Waals surface area contributed by atoms with Gasteiger partial charge in [-0.15, -0.1) is 0 Å². The van der Waals surface area contributed by atoms with Crippen LogP contribution in [0.15, 0.2) is 0 Å². The smallest absolute Gasteiger partial charge is 0.305 e. The number of rotatable bonds is 28. The molecule has 7 heterocycles. The number of carbonyl (C=O) groups is 1. The average Bonchev–Trinajstić information content (AvgIpc) is 0.793. The Bertz CT molecular complexity index is 2130. The molecule has 0 unspecified atom stereocenters. The van der Waals surface area contributed by atoms with Crippen LogP contribution in [0.5, 0.6) is 0 Å². The molecule has 37 atom stereocenters. The summed E-state index contributed by atoms with van der Waals surface area (Å²) in [6.07, 6.45) is -58.7. The predicted octanol–water partition coefficient (Wildman–Crippen LogP) is -7.38. The van der Waals surface area contributed by atoms with Gasteiger partial charge in [0.2, 0.25) is 0 Å². The van der Waals surface area contributed by atoms with E-state index in [2.05, 4.69) is 0 Å². The Morgan fingerprint density at radius 2 is 0.711 bits per heavy atom. The molecule has 7 saturated heterocycles. The van der Waals surface area contributed by atoms with E-state index < -0.39 is 246 Å². The fourth-order valence-electron chi connectivity index (χ4n) is 12.2. The number of hydrogen-bond donors (Lipinski definition) is 19. The summed E-state index contributed by atoms with van der Waals surface area (Å²) in [5.41, 5.74) is 0. The summed E-state index contributed by atoms with van der Waals surface area (Å²) in [5.74, 6) is -1.09. The summed E-state index contributed by atoms with van der Waals surface area (Å²) < 4.78 is 84.8. The highest BCUT2D eigenvalue weighted by Crippen LogP contribution is 2.40. The fraction of sp³-hybridized carbons (Fsp3) is 0.982. The normalized spacial score (nSPS) is 48.6. The molecule has 0 aromatic rings. The van der Waals surface area contributed by atoms with Crippen molar-refractivity contribution < 1.29 is 168 Å². The fourth-order valence-corrected chi connectivity index (χ4v) is 12.2.